The number of rotatable bonds is 5. The van der Waals surface area contributed by atoms with Crippen molar-refractivity contribution >= 4 is 16.9 Å². The zero-order chi connectivity index (χ0) is 27.1. The molecule has 9 nitrogen and oxygen atoms in total. The fraction of sp³-hybridized carbons (Fsp3) is 0.222. The van der Waals surface area contributed by atoms with Gasteiger partial charge in [-0.05, 0) is 42.8 Å². The first-order chi connectivity index (χ1) is 18.8. The van der Waals surface area contributed by atoms with Crippen molar-refractivity contribution in [1.29, 1.82) is 0 Å². The number of carbonyl (C=O) groups excluding carboxylic acids is 1. The Hall–Kier alpha value is -4.74. The summed E-state index contributed by atoms with van der Waals surface area (Å²) in [5, 5.41) is 19.9. The number of H-pyrrole nitrogens is 1. The van der Waals surface area contributed by atoms with Gasteiger partial charge in [-0.25, -0.2) is 23.1 Å². The number of para-hydroxylation sites is 1. The number of benzene rings is 2. The molecule has 6 rings (SSSR count). The summed E-state index contributed by atoms with van der Waals surface area (Å²) in [6.07, 6.45) is 1.58. The quantitative estimate of drug-likeness (QED) is 0.296. The Bertz CT molecular complexity index is 1670. The fourth-order valence-corrected chi connectivity index (χ4v) is 5.19. The summed E-state index contributed by atoms with van der Waals surface area (Å²) in [5.41, 5.74) is 1.96. The molecular weight excluding hydrogens is 511 g/mol. The molecule has 0 aliphatic heterocycles. The highest BCUT2D eigenvalue weighted by Gasteiger charge is 2.43. The summed E-state index contributed by atoms with van der Waals surface area (Å²) in [6, 6.07) is 12.2. The number of amides is 1. The maximum absolute atomic E-state index is 15.2. The van der Waals surface area contributed by atoms with Crippen molar-refractivity contribution in [1.82, 2.24) is 35.0 Å². The average Bonchev–Trinajstić information content (AvgIpc) is 3.56. The second-order valence-electron chi connectivity index (χ2n) is 9.54. The maximum Gasteiger partial charge on any atom is 0.270 e. The third-order valence-corrected chi connectivity index (χ3v) is 6.81. The van der Waals surface area contributed by atoms with Gasteiger partial charge in [0.05, 0.1) is 16.6 Å². The molecule has 2 atom stereocenters. The normalized spacial score (nSPS) is 18.7. The molecule has 0 saturated heterocycles. The lowest BCUT2D eigenvalue weighted by Crippen LogP contribution is -2.45. The molecule has 39 heavy (non-hydrogen) atoms. The number of nitrogens with one attached hydrogen (secondary N) is 2. The molecule has 1 aliphatic rings. The van der Waals surface area contributed by atoms with Crippen LogP contribution in [-0.2, 0) is 0 Å². The largest absolute Gasteiger partial charge is 0.507 e. The molecule has 5 aromatic rings. The Morgan fingerprint density at radius 2 is 1.95 bits per heavy atom. The molecule has 12 heteroatoms. The number of fused-ring (bicyclic) bond motifs is 1. The van der Waals surface area contributed by atoms with E-state index in [-0.39, 0.29) is 17.9 Å². The molecule has 2 aromatic carbocycles. The Labute approximate surface area is 219 Å². The van der Waals surface area contributed by atoms with Crippen LogP contribution in [0.5, 0.6) is 5.75 Å². The number of hydrogen-bond acceptors (Lipinski definition) is 6. The Balaban J connectivity index is 1.44. The topological polar surface area (TPSA) is 122 Å². The summed E-state index contributed by atoms with van der Waals surface area (Å²) in [5.74, 6) is -3.74. The van der Waals surface area contributed by atoms with Crippen LogP contribution in [-0.4, -0.2) is 52.7 Å². The van der Waals surface area contributed by atoms with Crippen LogP contribution in [0.4, 0.5) is 13.2 Å². The lowest BCUT2D eigenvalue weighted by atomic mass is 9.87. The van der Waals surface area contributed by atoms with Gasteiger partial charge in [-0.3, -0.25) is 14.9 Å². The standard InChI is InChI=1S/C27H22F3N7O2/c28-16-7-8-31-21(10-16)26(39)34-17-11-18(13-27(29,30)12-17)37-22-9-15(24-32-14-33-36-24)5-6-20(22)35-25(37)19-3-1-2-4-23(19)38/h1-10,14,17-18,38H,11-13H2,(H,34,39)(H,32,33,36)/t17-,18+/m1/s1. The number of pyridine rings is 1. The minimum absolute atomic E-state index is 0.0471. The van der Waals surface area contributed by atoms with E-state index in [0.717, 1.165) is 18.3 Å². The van der Waals surface area contributed by atoms with Crippen LogP contribution in [0.15, 0.2) is 67.1 Å². The van der Waals surface area contributed by atoms with Gasteiger partial charge < -0.3 is 15.0 Å². The van der Waals surface area contributed by atoms with E-state index >= 15 is 8.78 Å². The van der Waals surface area contributed by atoms with Gasteiger partial charge in [0.25, 0.3) is 11.8 Å². The van der Waals surface area contributed by atoms with E-state index in [9.17, 15) is 14.3 Å². The number of phenols is 1. The smallest absolute Gasteiger partial charge is 0.270 e. The zero-order valence-electron chi connectivity index (χ0n) is 20.4. The minimum Gasteiger partial charge on any atom is -0.507 e. The first kappa shape index (κ1) is 24.6. The van der Waals surface area contributed by atoms with Gasteiger partial charge in [0.1, 0.15) is 29.4 Å². The Kier molecular flexibility index (Phi) is 6.01. The number of phenolic OH excluding ortho intramolecular Hbond substituents is 1. The van der Waals surface area contributed by atoms with Crippen LogP contribution in [0.3, 0.4) is 0 Å². The highest BCUT2D eigenvalue weighted by molar-refractivity contribution is 5.92. The van der Waals surface area contributed by atoms with Crippen molar-refractivity contribution in [2.45, 2.75) is 37.3 Å². The highest BCUT2D eigenvalue weighted by Crippen LogP contribution is 2.44. The molecular formula is C27H22F3N7O2. The molecule has 0 spiro atoms. The van der Waals surface area contributed by atoms with E-state index < -0.39 is 42.6 Å². The Morgan fingerprint density at radius 1 is 1.10 bits per heavy atom. The number of nitrogens with zero attached hydrogens (tertiary/aromatic N) is 5. The molecule has 1 aliphatic carbocycles. The Morgan fingerprint density at radius 3 is 2.72 bits per heavy atom. The van der Waals surface area contributed by atoms with E-state index in [1.54, 1.807) is 41.0 Å². The summed E-state index contributed by atoms with van der Waals surface area (Å²) in [4.78, 5) is 25.5. The molecule has 1 saturated carbocycles. The van der Waals surface area contributed by atoms with Crippen LogP contribution < -0.4 is 5.32 Å². The number of halogens is 3. The molecule has 3 aromatic heterocycles. The van der Waals surface area contributed by atoms with E-state index in [0.29, 0.717) is 33.8 Å². The molecule has 0 bridgehead atoms. The summed E-state index contributed by atoms with van der Waals surface area (Å²) in [6.45, 7) is 0. The van der Waals surface area contributed by atoms with Gasteiger partial charge in [-0.15, -0.1) is 0 Å². The number of aromatic amines is 1. The molecule has 3 heterocycles. The van der Waals surface area contributed by atoms with Crippen LogP contribution in [0, 0.1) is 5.82 Å². The molecule has 0 unspecified atom stereocenters. The predicted octanol–water partition coefficient (Wildman–Crippen LogP) is 4.89. The van der Waals surface area contributed by atoms with Gasteiger partial charge in [-0.1, -0.05) is 12.1 Å². The average molecular weight is 534 g/mol. The number of aromatic nitrogens is 6. The summed E-state index contributed by atoms with van der Waals surface area (Å²) in [7, 11) is 0. The van der Waals surface area contributed by atoms with Gasteiger partial charge in [-0.2, -0.15) is 5.10 Å². The summed E-state index contributed by atoms with van der Waals surface area (Å²) >= 11 is 0. The SMILES string of the molecule is O=C(N[C@@H]1C[C@H](n2c(-c3ccccc3O)nc3ccc(-c4ncn[nH]4)cc32)CC(F)(F)C1)c1cc(F)ccn1. The predicted molar refractivity (Wildman–Crippen MR) is 135 cm³/mol. The van der Waals surface area contributed by atoms with Gasteiger partial charge in [0, 0.05) is 42.8 Å². The lowest BCUT2D eigenvalue weighted by molar-refractivity contribution is -0.0584. The van der Waals surface area contributed by atoms with Crippen LogP contribution >= 0.6 is 0 Å². The van der Waals surface area contributed by atoms with E-state index in [4.69, 9.17) is 4.98 Å². The monoisotopic (exact) mass is 533 g/mol. The van der Waals surface area contributed by atoms with E-state index in [1.165, 1.54) is 12.4 Å². The second kappa shape index (κ2) is 9.53. The lowest BCUT2D eigenvalue weighted by Gasteiger charge is -2.36. The zero-order valence-corrected chi connectivity index (χ0v) is 20.4. The van der Waals surface area contributed by atoms with Crippen molar-refractivity contribution in [3.05, 3.63) is 78.6 Å². The number of hydrogen-bond donors (Lipinski definition) is 3. The van der Waals surface area contributed by atoms with Crippen LogP contribution in [0.25, 0.3) is 33.8 Å². The number of alkyl halides is 2. The molecule has 0 radical (unpaired) electrons. The number of aromatic hydroxyl groups is 1. The maximum atomic E-state index is 15.2. The summed E-state index contributed by atoms with van der Waals surface area (Å²) < 4.78 is 45.7. The first-order valence-electron chi connectivity index (χ1n) is 12.2. The van der Waals surface area contributed by atoms with E-state index in [2.05, 4.69) is 25.5 Å². The number of carbonyl (C=O) groups is 1. The number of imidazole rings is 1. The van der Waals surface area contributed by atoms with Crippen molar-refractivity contribution in [3.8, 4) is 28.5 Å². The van der Waals surface area contributed by atoms with Crippen LogP contribution in [0.2, 0.25) is 0 Å². The first-order valence-corrected chi connectivity index (χ1v) is 12.2. The highest BCUT2D eigenvalue weighted by atomic mass is 19.3. The third-order valence-electron chi connectivity index (χ3n) is 6.81. The van der Waals surface area contributed by atoms with Gasteiger partial charge in [0.15, 0.2) is 5.82 Å². The second-order valence-corrected chi connectivity index (χ2v) is 9.54. The fourth-order valence-electron chi connectivity index (χ4n) is 5.19. The van der Waals surface area contributed by atoms with E-state index in [1.807, 2.05) is 0 Å². The van der Waals surface area contributed by atoms with Crippen molar-refractivity contribution in [2.75, 3.05) is 0 Å². The van der Waals surface area contributed by atoms with Crippen LogP contribution in [0.1, 0.15) is 35.8 Å². The third kappa shape index (κ3) is 4.80. The minimum atomic E-state index is -3.12. The van der Waals surface area contributed by atoms with Gasteiger partial charge >= 0.3 is 0 Å². The molecule has 198 valence electrons. The molecule has 3 N–H and O–H groups in total. The van der Waals surface area contributed by atoms with Crippen molar-refractivity contribution < 1.29 is 23.1 Å². The molecule has 1 amide bonds. The molecule has 1 fully saturated rings. The van der Waals surface area contributed by atoms with Crippen molar-refractivity contribution in [3.63, 3.8) is 0 Å². The van der Waals surface area contributed by atoms with Gasteiger partial charge in [0.2, 0.25) is 0 Å². The van der Waals surface area contributed by atoms with Crippen molar-refractivity contribution in [2.24, 2.45) is 0 Å².